The molecule has 1 saturated carbocycles. The maximum atomic E-state index is 9.54. The normalized spacial score (nSPS) is 34.4. The zero-order valence-corrected chi connectivity index (χ0v) is 13.5. The highest BCUT2D eigenvalue weighted by Crippen LogP contribution is 2.26. The van der Waals surface area contributed by atoms with Gasteiger partial charge < -0.3 is 14.6 Å². The molecule has 0 aromatic carbocycles. The van der Waals surface area contributed by atoms with Gasteiger partial charge in [0.15, 0.2) is 6.29 Å². The summed E-state index contributed by atoms with van der Waals surface area (Å²) in [6.07, 6.45) is 7.58. The molecule has 0 aromatic heterocycles. The molecule has 2 fully saturated rings. The van der Waals surface area contributed by atoms with Crippen molar-refractivity contribution in [2.75, 3.05) is 0 Å². The van der Waals surface area contributed by atoms with Crippen LogP contribution in [0.5, 0.6) is 0 Å². The molecule has 0 spiro atoms. The van der Waals surface area contributed by atoms with E-state index in [0.717, 1.165) is 38.5 Å². The summed E-state index contributed by atoms with van der Waals surface area (Å²) < 4.78 is 11.6. The summed E-state index contributed by atoms with van der Waals surface area (Å²) in [5.41, 5.74) is 0. The molecule has 4 atom stereocenters. The standard InChI is InChI=1S/C12H22O3.2C2H6/c1-9-4-2-7-12(14-9)15-11-6-3-5-10(13)8-11;2*1-2/h9-13H,2-8H2,1H3;2*1-2H3/t9-,10?,11?,12?;;/m0../s1. The molecule has 2 aliphatic rings. The van der Waals surface area contributed by atoms with Crippen LogP contribution < -0.4 is 0 Å². The Morgan fingerprint density at radius 2 is 1.58 bits per heavy atom. The van der Waals surface area contributed by atoms with Gasteiger partial charge in [0, 0.05) is 0 Å². The van der Waals surface area contributed by atoms with Gasteiger partial charge in [-0.2, -0.15) is 0 Å². The molecule has 1 aliphatic carbocycles. The van der Waals surface area contributed by atoms with Gasteiger partial charge in [-0.15, -0.1) is 0 Å². The summed E-state index contributed by atoms with van der Waals surface area (Å²) in [7, 11) is 0. The van der Waals surface area contributed by atoms with Crippen LogP contribution in [0.2, 0.25) is 0 Å². The van der Waals surface area contributed by atoms with E-state index in [1.165, 1.54) is 6.42 Å². The van der Waals surface area contributed by atoms with Gasteiger partial charge in [-0.1, -0.05) is 27.7 Å². The van der Waals surface area contributed by atoms with E-state index in [-0.39, 0.29) is 18.5 Å². The third-order valence-corrected chi connectivity index (χ3v) is 3.38. The lowest BCUT2D eigenvalue weighted by Gasteiger charge is -2.33. The average molecular weight is 274 g/mol. The van der Waals surface area contributed by atoms with Gasteiger partial charge in [0.25, 0.3) is 0 Å². The number of rotatable bonds is 2. The molecule has 0 aromatic rings. The zero-order chi connectivity index (χ0) is 14.7. The minimum atomic E-state index is -0.162. The van der Waals surface area contributed by atoms with E-state index in [1.807, 2.05) is 27.7 Å². The van der Waals surface area contributed by atoms with E-state index in [0.29, 0.717) is 6.10 Å². The first kappa shape index (κ1) is 18.9. The van der Waals surface area contributed by atoms with E-state index in [4.69, 9.17) is 9.47 Å². The largest absolute Gasteiger partial charge is 0.393 e. The van der Waals surface area contributed by atoms with Gasteiger partial charge >= 0.3 is 0 Å². The fourth-order valence-electron chi connectivity index (χ4n) is 2.53. The van der Waals surface area contributed by atoms with E-state index < -0.39 is 0 Å². The predicted octanol–water partition coefficient (Wildman–Crippen LogP) is 4.27. The minimum Gasteiger partial charge on any atom is -0.393 e. The van der Waals surface area contributed by atoms with Crippen molar-refractivity contribution in [2.45, 2.75) is 104 Å². The van der Waals surface area contributed by atoms with Crippen molar-refractivity contribution in [3.8, 4) is 0 Å². The molecule has 1 aliphatic heterocycles. The van der Waals surface area contributed by atoms with Gasteiger partial charge in [-0.3, -0.25) is 0 Å². The Morgan fingerprint density at radius 1 is 0.947 bits per heavy atom. The third kappa shape index (κ3) is 7.91. The molecular weight excluding hydrogens is 240 g/mol. The second kappa shape index (κ2) is 11.7. The summed E-state index contributed by atoms with van der Waals surface area (Å²) in [6, 6.07) is 0. The van der Waals surface area contributed by atoms with Crippen LogP contribution in [0, 0.1) is 0 Å². The van der Waals surface area contributed by atoms with Crippen molar-refractivity contribution in [3.05, 3.63) is 0 Å². The SMILES string of the molecule is CC.CC.C[C@H]1CCCC(OC2CCCC(O)C2)O1. The van der Waals surface area contributed by atoms with Crippen LogP contribution in [0.25, 0.3) is 0 Å². The van der Waals surface area contributed by atoms with Crippen molar-refractivity contribution in [1.29, 1.82) is 0 Å². The molecule has 0 radical (unpaired) electrons. The Labute approximate surface area is 119 Å². The highest BCUT2D eigenvalue weighted by atomic mass is 16.7. The van der Waals surface area contributed by atoms with Gasteiger partial charge in [-0.25, -0.2) is 0 Å². The Hall–Kier alpha value is -0.120. The van der Waals surface area contributed by atoms with Crippen molar-refractivity contribution in [1.82, 2.24) is 0 Å². The molecule has 0 bridgehead atoms. The van der Waals surface area contributed by atoms with E-state index in [1.54, 1.807) is 0 Å². The summed E-state index contributed by atoms with van der Waals surface area (Å²) in [6.45, 7) is 10.1. The van der Waals surface area contributed by atoms with E-state index in [9.17, 15) is 5.11 Å². The summed E-state index contributed by atoms with van der Waals surface area (Å²) in [4.78, 5) is 0. The van der Waals surface area contributed by atoms with Crippen molar-refractivity contribution >= 4 is 0 Å². The van der Waals surface area contributed by atoms with Gasteiger partial charge in [-0.05, 0) is 51.9 Å². The first-order valence-electron chi connectivity index (χ1n) is 8.23. The van der Waals surface area contributed by atoms with Gasteiger partial charge in [0.05, 0.1) is 18.3 Å². The van der Waals surface area contributed by atoms with Crippen molar-refractivity contribution < 1.29 is 14.6 Å². The number of hydrogen-bond acceptors (Lipinski definition) is 3. The Morgan fingerprint density at radius 3 is 2.16 bits per heavy atom. The molecule has 2 rings (SSSR count). The Bertz CT molecular complexity index is 176. The van der Waals surface area contributed by atoms with Crippen LogP contribution in [0.3, 0.4) is 0 Å². The monoisotopic (exact) mass is 274 g/mol. The molecule has 116 valence electrons. The molecule has 1 N–H and O–H groups in total. The maximum absolute atomic E-state index is 9.54. The zero-order valence-electron chi connectivity index (χ0n) is 13.5. The van der Waals surface area contributed by atoms with Gasteiger partial charge in [0.1, 0.15) is 0 Å². The van der Waals surface area contributed by atoms with E-state index >= 15 is 0 Å². The second-order valence-electron chi connectivity index (χ2n) is 4.89. The topological polar surface area (TPSA) is 38.7 Å². The second-order valence-corrected chi connectivity index (χ2v) is 4.89. The van der Waals surface area contributed by atoms with Gasteiger partial charge in [0.2, 0.25) is 0 Å². The molecule has 3 heteroatoms. The number of aliphatic hydroxyl groups excluding tert-OH is 1. The lowest BCUT2D eigenvalue weighted by atomic mass is 9.95. The number of hydrogen-bond donors (Lipinski definition) is 1. The van der Waals surface area contributed by atoms with Crippen molar-refractivity contribution in [2.24, 2.45) is 0 Å². The highest BCUT2D eigenvalue weighted by Gasteiger charge is 2.26. The molecule has 1 heterocycles. The van der Waals surface area contributed by atoms with Crippen LogP contribution in [-0.4, -0.2) is 29.7 Å². The molecule has 3 nitrogen and oxygen atoms in total. The maximum Gasteiger partial charge on any atom is 0.158 e. The lowest BCUT2D eigenvalue weighted by molar-refractivity contribution is -0.219. The van der Waals surface area contributed by atoms with Crippen LogP contribution in [0.1, 0.15) is 79.6 Å². The first-order chi connectivity index (χ1) is 9.24. The number of aliphatic hydroxyl groups is 1. The predicted molar refractivity (Wildman–Crippen MR) is 80.2 cm³/mol. The third-order valence-electron chi connectivity index (χ3n) is 3.38. The fourth-order valence-corrected chi connectivity index (χ4v) is 2.53. The molecule has 3 unspecified atom stereocenters. The van der Waals surface area contributed by atoms with Crippen LogP contribution in [0.4, 0.5) is 0 Å². The van der Waals surface area contributed by atoms with Crippen LogP contribution in [0.15, 0.2) is 0 Å². The Balaban J connectivity index is 0.000000741. The molecule has 1 saturated heterocycles. The summed E-state index contributed by atoms with van der Waals surface area (Å²) >= 11 is 0. The van der Waals surface area contributed by atoms with E-state index in [2.05, 4.69) is 6.92 Å². The van der Waals surface area contributed by atoms with Crippen LogP contribution in [-0.2, 0) is 9.47 Å². The summed E-state index contributed by atoms with van der Waals surface area (Å²) in [5.74, 6) is 0. The minimum absolute atomic E-state index is 0.0240. The highest BCUT2D eigenvalue weighted by molar-refractivity contribution is 4.73. The number of ether oxygens (including phenoxy) is 2. The quantitative estimate of drug-likeness (QED) is 0.817. The smallest absolute Gasteiger partial charge is 0.158 e. The first-order valence-corrected chi connectivity index (χ1v) is 8.23. The summed E-state index contributed by atoms with van der Waals surface area (Å²) in [5, 5.41) is 9.54. The van der Waals surface area contributed by atoms with Crippen molar-refractivity contribution in [3.63, 3.8) is 0 Å². The average Bonchev–Trinajstić information content (AvgIpc) is 2.43. The molecular formula is C16H34O3. The molecule has 0 amide bonds. The lowest BCUT2D eigenvalue weighted by Crippen LogP contribution is -2.34. The van der Waals surface area contributed by atoms with Crippen LogP contribution >= 0.6 is 0 Å². The Kier molecular flexibility index (Phi) is 11.6. The molecule has 19 heavy (non-hydrogen) atoms. The fraction of sp³-hybridized carbons (Fsp3) is 1.00.